The van der Waals surface area contributed by atoms with E-state index in [0.717, 1.165) is 0 Å². The highest BCUT2D eigenvalue weighted by atomic mass is 35.5. The summed E-state index contributed by atoms with van der Waals surface area (Å²) in [6, 6.07) is 6.43. The predicted molar refractivity (Wildman–Crippen MR) is 47.0 cm³/mol. The number of hydrogen-bond acceptors (Lipinski definition) is 1. The zero-order valence-electron chi connectivity index (χ0n) is 6.72. The van der Waals surface area contributed by atoms with Gasteiger partial charge in [0.2, 0.25) is 0 Å². The third-order valence-corrected chi connectivity index (χ3v) is 1.96. The van der Waals surface area contributed by atoms with Crippen LogP contribution in [0.1, 0.15) is 12.5 Å². The summed E-state index contributed by atoms with van der Waals surface area (Å²) in [7, 11) is 0. The van der Waals surface area contributed by atoms with Gasteiger partial charge in [0, 0.05) is 5.02 Å². The minimum absolute atomic E-state index is 0.400. The van der Waals surface area contributed by atoms with Crippen molar-refractivity contribution in [2.75, 3.05) is 6.61 Å². The largest absolute Gasteiger partial charge is 0.393 e. The molecular formula is C9H10ClFO. The SMILES string of the molecule is CC(F)(CO)c1cccc(Cl)c1. The third-order valence-electron chi connectivity index (χ3n) is 1.72. The first-order valence-corrected chi connectivity index (χ1v) is 4.00. The van der Waals surface area contributed by atoms with Gasteiger partial charge in [-0.05, 0) is 24.6 Å². The fraction of sp³-hybridized carbons (Fsp3) is 0.333. The first kappa shape index (κ1) is 9.49. The highest BCUT2D eigenvalue weighted by Crippen LogP contribution is 2.26. The van der Waals surface area contributed by atoms with Crippen LogP contribution in [-0.2, 0) is 5.67 Å². The van der Waals surface area contributed by atoms with Crippen LogP contribution in [0.4, 0.5) is 4.39 Å². The topological polar surface area (TPSA) is 20.2 Å². The Hall–Kier alpha value is -0.600. The molecule has 0 heterocycles. The second kappa shape index (κ2) is 3.42. The van der Waals surface area contributed by atoms with Crippen LogP contribution in [0.2, 0.25) is 5.02 Å². The first-order chi connectivity index (χ1) is 5.56. The van der Waals surface area contributed by atoms with Gasteiger partial charge in [-0.3, -0.25) is 0 Å². The molecule has 0 amide bonds. The van der Waals surface area contributed by atoms with Crippen molar-refractivity contribution < 1.29 is 9.50 Å². The molecule has 0 fully saturated rings. The molecule has 0 saturated heterocycles. The van der Waals surface area contributed by atoms with Crippen LogP contribution in [0.15, 0.2) is 24.3 Å². The van der Waals surface area contributed by atoms with Crippen LogP contribution in [0.5, 0.6) is 0 Å². The van der Waals surface area contributed by atoms with Gasteiger partial charge in [-0.15, -0.1) is 0 Å². The van der Waals surface area contributed by atoms with Gasteiger partial charge in [0.25, 0.3) is 0 Å². The van der Waals surface area contributed by atoms with Gasteiger partial charge in [-0.1, -0.05) is 23.7 Å². The molecule has 1 atom stereocenters. The van der Waals surface area contributed by atoms with E-state index in [9.17, 15) is 4.39 Å². The zero-order chi connectivity index (χ0) is 9.19. The molecule has 0 aromatic heterocycles. The van der Waals surface area contributed by atoms with Crippen molar-refractivity contribution in [2.24, 2.45) is 0 Å². The van der Waals surface area contributed by atoms with Gasteiger partial charge in [0.1, 0.15) is 0 Å². The minimum Gasteiger partial charge on any atom is -0.393 e. The third kappa shape index (κ3) is 1.96. The Morgan fingerprint density at radius 3 is 2.75 bits per heavy atom. The average Bonchev–Trinajstić information content (AvgIpc) is 2.05. The van der Waals surface area contributed by atoms with Crippen molar-refractivity contribution in [3.8, 4) is 0 Å². The molecule has 1 unspecified atom stereocenters. The molecule has 0 bridgehead atoms. The van der Waals surface area contributed by atoms with E-state index in [1.807, 2.05) is 0 Å². The molecule has 0 aliphatic heterocycles. The zero-order valence-corrected chi connectivity index (χ0v) is 7.48. The van der Waals surface area contributed by atoms with Crippen LogP contribution in [0, 0.1) is 0 Å². The molecule has 0 aliphatic carbocycles. The van der Waals surface area contributed by atoms with Crippen LogP contribution in [0.25, 0.3) is 0 Å². The molecule has 3 heteroatoms. The molecule has 12 heavy (non-hydrogen) atoms. The summed E-state index contributed by atoms with van der Waals surface area (Å²) >= 11 is 5.66. The maximum atomic E-state index is 13.4. The van der Waals surface area contributed by atoms with Crippen molar-refractivity contribution in [3.05, 3.63) is 34.9 Å². The van der Waals surface area contributed by atoms with Crippen LogP contribution in [-0.4, -0.2) is 11.7 Å². The monoisotopic (exact) mass is 188 g/mol. The van der Waals surface area contributed by atoms with Crippen LogP contribution >= 0.6 is 11.6 Å². The van der Waals surface area contributed by atoms with Crippen molar-refractivity contribution in [2.45, 2.75) is 12.6 Å². The lowest BCUT2D eigenvalue weighted by atomic mass is 9.99. The maximum Gasteiger partial charge on any atom is 0.156 e. The Morgan fingerprint density at radius 1 is 1.58 bits per heavy atom. The minimum atomic E-state index is -1.70. The fourth-order valence-electron chi connectivity index (χ4n) is 0.904. The van der Waals surface area contributed by atoms with Gasteiger partial charge >= 0.3 is 0 Å². The number of halogens is 2. The van der Waals surface area contributed by atoms with Crippen LogP contribution in [0.3, 0.4) is 0 Å². The first-order valence-electron chi connectivity index (χ1n) is 3.62. The highest BCUT2D eigenvalue weighted by molar-refractivity contribution is 6.30. The van der Waals surface area contributed by atoms with Crippen LogP contribution < -0.4 is 0 Å². The predicted octanol–water partition coefficient (Wildman–Crippen LogP) is 2.52. The standard InChI is InChI=1S/C9H10ClFO/c1-9(11,6-12)7-3-2-4-8(10)5-7/h2-5,12H,6H2,1H3. The number of aliphatic hydroxyl groups excluding tert-OH is 1. The molecule has 66 valence electrons. The van der Waals surface area contributed by atoms with E-state index in [1.54, 1.807) is 18.2 Å². The van der Waals surface area contributed by atoms with E-state index in [1.165, 1.54) is 13.0 Å². The molecule has 1 nitrogen and oxygen atoms in total. The lowest BCUT2D eigenvalue weighted by Gasteiger charge is -2.17. The maximum absolute atomic E-state index is 13.4. The summed E-state index contributed by atoms with van der Waals surface area (Å²) in [6.45, 7) is 0.784. The smallest absolute Gasteiger partial charge is 0.156 e. The Balaban J connectivity index is 3.03. The number of benzene rings is 1. The second-order valence-corrected chi connectivity index (χ2v) is 3.30. The van der Waals surface area contributed by atoms with Gasteiger partial charge < -0.3 is 5.11 Å². The summed E-state index contributed by atoms with van der Waals surface area (Å²) in [5.41, 5.74) is -1.30. The molecule has 0 aliphatic rings. The van der Waals surface area contributed by atoms with E-state index in [2.05, 4.69) is 0 Å². The quantitative estimate of drug-likeness (QED) is 0.756. The van der Waals surface area contributed by atoms with Gasteiger partial charge in [0.15, 0.2) is 5.67 Å². The van der Waals surface area contributed by atoms with Gasteiger partial charge in [-0.25, -0.2) is 4.39 Å². The lowest BCUT2D eigenvalue weighted by molar-refractivity contribution is 0.0868. The van der Waals surface area contributed by atoms with E-state index >= 15 is 0 Å². The number of alkyl halides is 1. The van der Waals surface area contributed by atoms with E-state index in [-0.39, 0.29) is 0 Å². The molecule has 1 N–H and O–H groups in total. The average molecular weight is 189 g/mol. The number of aliphatic hydroxyl groups is 1. The molecule has 1 rings (SSSR count). The fourth-order valence-corrected chi connectivity index (χ4v) is 1.09. The molecule has 1 aromatic carbocycles. The molecule has 0 spiro atoms. The van der Waals surface area contributed by atoms with Crippen molar-refractivity contribution in [1.82, 2.24) is 0 Å². The summed E-state index contributed by atoms with van der Waals surface area (Å²) in [6.07, 6.45) is 0. The summed E-state index contributed by atoms with van der Waals surface area (Å²) in [5.74, 6) is 0. The van der Waals surface area contributed by atoms with Crippen molar-refractivity contribution in [1.29, 1.82) is 0 Å². The van der Waals surface area contributed by atoms with Crippen molar-refractivity contribution in [3.63, 3.8) is 0 Å². The van der Waals surface area contributed by atoms with Crippen molar-refractivity contribution >= 4 is 11.6 Å². The lowest BCUT2D eigenvalue weighted by Crippen LogP contribution is -2.19. The molecule has 0 radical (unpaired) electrons. The molecular weight excluding hydrogens is 179 g/mol. The Bertz CT molecular complexity index is 273. The normalized spacial score (nSPS) is 15.7. The number of rotatable bonds is 2. The van der Waals surface area contributed by atoms with E-state index in [0.29, 0.717) is 10.6 Å². The van der Waals surface area contributed by atoms with Gasteiger partial charge in [0.05, 0.1) is 6.61 Å². The highest BCUT2D eigenvalue weighted by Gasteiger charge is 2.24. The van der Waals surface area contributed by atoms with E-state index in [4.69, 9.17) is 16.7 Å². The Morgan fingerprint density at radius 2 is 2.25 bits per heavy atom. The molecule has 0 saturated carbocycles. The molecule has 1 aromatic rings. The number of hydrogen-bond donors (Lipinski definition) is 1. The second-order valence-electron chi connectivity index (χ2n) is 2.87. The van der Waals surface area contributed by atoms with Gasteiger partial charge in [-0.2, -0.15) is 0 Å². The Labute approximate surface area is 75.8 Å². The van der Waals surface area contributed by atoms with E-state index < -0.39 is 12.3 Å². The summed E-state index contributed by atoms with van der Waals surface area (Å²) < 4.78 is 13.4. The Kier molecular flexibility index (Phi) is 2.70. The summed E-state index contributed by atoms with van der Waals surface area (Å²) in [4.78, 5) is 0. The summed E-state index contributed by atoms with van der Waals surface area (Å²) in [5, 5.41) is 9.20.